The molecule has 0 saturated carbocycles. The van der Waals surface area contributed by atoms with E-state index in [1.54, 1.807) is 44.2 Å². The molecule has 0 aliphatic carbocycles. The molecule has 0 saturated heterocycles. The fourth-order valence-corrected chi connectivity index (χ4v) is 4.79. The Morgan fingerprint density at radius 2 is 1.67 bits per heavy atom. The standard InChI is InChI=1S/C22H19ClFNO4S/c1-3-25(30(28,29)18-10-4-14(2)19(13-18)22(26)27)17-8-5-15(6-9-17)16-7-11-21(24)20(23)12-16/h4-13H,3H2,1-2H3,(H,26,27). The average molecular weight is 448 g/mol. The molecule has 0 aliphatic rings. The Balaban J connectivity index is 1.98. The molecular formula is C22H19ClFNO4S. The Hall–Kier alpha value is -2.90. The Morgan fingerprint density at radius 1 is 1.03 bits per heavy atom. The van der Waals surface area contributed by atoms with Gasteiger partial charge in [-0.2, -0.15) is 0 Å². The van der Waals surface area contributed by atoms with Crippen molar-refractivity contribution in [3.8, 4) is 11.1 Å². The van der Waals surface area contributed by atoms with Crippen LogP contribution in [0.25, 0.3) is 11.1 Å². The number of hydrogen-bond donors (Lipinski definition) is 1. The maximum absolute atomic E-state index is 13.4. The van der Waals surface area contributed by atoms with Crippen molar-refractivity contribution in [1.82, 2.24) is 0 Å². The van der Waals surface area contributed by atoms with E-state index in [-0.39, 0.29) is 22.0 Å². The fraction of sp³-hybridized carbons (Fsp3) is 0.136. The van der Waals surface area contributed by atoms with Crippen LogP contribution in [0.1, 0.15) is 22.8 Å². The molecule has 0 bridgehead atoms. The molecule has 8 heteroatoms. The van der Waals surface area contributed by atoms with E-state index in [2.05, 4.69) is 0 Å². The number of halogens is 2. The molecule has 0 heterocycles. The number of benzene rings is 3. The number of sulfonamides is 1. The largest absolute Gasteiger partial charge is 0.478 e. The smallest absolute Gasteiger partial charge is 0.335 e. The number of carboxylic acids is 1. The maximum atomic E-state index is 13.4. The third kappa shape index (κ3) is 4.17. The van der Waals surface area contributed by atoms with Gasteiger partial charge in [-0.15, -0.1) is 0 Å². The number of hydrogen-bond acceptors (Lipinski definition) is 3. The number of carbonyl (C=O) groups is 1. The Bertz CT molecular complexity index is 1210. The van der Waals surface area contributed by atoms with E-state index in [1.165, 1.54) is 34.6 Å². The second kappa shape index (κ2) is 8.45. The number of aromatic carboxylic acids is 1. The van der Waals surface area contributed by atoms with Crippen molar-refractivity contribution in [1.29, 1.82) is 0 Å². The van der Waals surface area contributed by atoms with Crippen molar-refractivity contribution in [3.05, 3.63) is 82.6 Å². The van der Waals surface area contributed by atoms with Gasteiger partial charge in [0.1, 0.15) is 5.82 Å². The van der Waals surface area contributed by atoms with Crippen molar-refractivity contribution in [2.24, 2.45) is 0 Å². The molecule has 0 atom stereocenters. The first-order valence-corrected chi connectivity index (χ1v) is 10.9. The maximum Gasteiger partial charge on any atom is 0.335 e. The van der Waals surface area contributed by atoms with Gasteiger partial charge in [-0.1, -0.05) is 35.9 Å². The zero-order valence-electron chi connectivity index (χ0n) is 16.3. The first-order valence-electron chi connectivity index (χ1n) is 9.07. The highest BCUT2D eigenvalue weighted by molar-refractivity contribution is 7.92. The topological polar surface area (TPSA) is 74.7 Å². The van der Waals surface area contributed by atoms with E-state index in [9.17, 15) is 22.7 Å². The second-order valence-corrected chi connectivity index (χ2v) is 8.90. The van der Waals surface area contributed by atoms with Gasteiger partial charge in [0, 0.05) is 6.54 Å². The lowest BCUT2D eigenvalue weighted by atomic mass is 10.1. The minimum atomic E-state index is -3.97. The average Bonchev–Trinajstić information content (AvgIpc) is 2.71. The van der Waals surface area contributed by atoms with Crippen LogP contribution >= 0.6 is 11.6 Å². The van der Waals surface area contributed by atoms with Crippen LogP contribution in [-0.4, -0.2) is 26.0 Å². The quantitative estimate of drug-likeness (QED) is 0.551. The van der Waals surface area contributed by atoms with Crippen LogP contribution in [0.4, 0.5) is 10.1 Å². The summed E-state index contributed by atoms with van der Waals surface area (Å²) >= 11 is 5.84. The summed E-state index contributed by atoms with van der Waals surface area (Å²) in [5.74, 6) is -1.70. The Kier molecular flexibility index (Phi) is 6.14. The number of aryl methyl sites for hydroxylation is 1. The van der Waals surface area contributed by atoms with Crippen LogP contribution in [0.5, 0.6) is 0 Å². The van der Waals surface area contributed by atoms with Gasteiger partial charge in [0.2, 0.25) is 0 Å². The van der Waals surface area contributed by atoms with E-state index in [1.807, 2.05) is 0 Å². The molecule has 0 aromatic heterocycles. The molecule has 156 valence electrons. The highest BCUT2D eigenvalue weighted by Crippen LogP contribution is 2.29. The van der Waals surface area contributed by atoms with Gasteiger partial charge in [0.25, 0.3) is 10.0 Å². The van der Waals surface area contributed by atoms with Crippen LogP contribution in [0.15, 0.2) is 65.6 Å². The minimum Gasteiger partial charge on any atom is -0.478 e. The molecular weight excluding hydrogens is 429 g/mol. The molecule has 5 nitrogen and oxygen atoms in total. The number of rotatable bonds is 6. The van der Waals surface area contributed by atoms with E-state index in [0.29, 0.717) is 16.8 Å². The Morgan fingerprint density at radius 3 is 2.23 bits per heavy atom. The molecule has 3 aromatic carbocycles. The van der Waals surface area contributed by atoms with Crippen LogP contribution in [-0.2, 0) is 10.0 Å². The number of carboxylic acid groups (broad SMARTS) is 1. The molecule has 0 unspecified atom stereocenters. The van der Waals surface area contributed by atoms with Crippen LogP contribution in [0.2, 0.25) is 5.02 Å². The first-order chi connectivity index (χ1) is 14.1. The van der Waals surface area contributed by atoms with E-state index in [0.717, 1.165) is 5.56 Å². The molecule has 0 spiro atoms. The van der Waals surface area contributed by atoms with Crippen molar-refractivity contribution >= 4 is 33.3 Å². The van der Waals surface area contributed by atoms with Gasteiger partial charge in [0.05, 0.1) is 21.2 Å². The van der Waals surface area contributed by atoms with Crippen molar-refractivity contribution in [3.63, 3.8) is 0 Å². The van der Waals surface area contributed by atoms with Gasteiger partial charge in [-0.05, 0) is 66.9 Å². The van der Waals surface area contributed by atoms with Crippen LogP contribution in [0.3, 0.4) is 0 Å². The van der Waals surface area contributed by atoms with Gasteiger partial charge in [-0.25, -0.2) is 17.6 Å². The summed E-state index contributed by atoms with van der Waals surface area (Å²) in [5, 5.41) is 9.31. The normalized spacial score (nSPS) is 11.3. The highest BCUT2D eigenvalue weighted by atomic mass is 35.5. The molecule has 3 aromatic rings. The number of nitrogens with zero attached hydrogens (tertiary/aromatic N) is 1. The SMILES string of the molecule is CCN(c1ccc(-c2ccc(F)c(Cl)c2)cc1)S(=O)(=O)c1ccc(C)c(C(=O)O)c1. The van der Waals surface area contributed by atoms with Crippen molar-refractivity contribution < 1.29 is 22.7 Å². The first kappa shape index (κ1) is 21.8. The Labute approximate surface area is 179 Å². The molecule has 1 N–H and O–H groups in total. The summed E-state index contributed by atoms with van der Waals surface area (Å²) in [6.07, 6.45) is 0. The number of anilines is 1. The summed E-state index contributed by atoms with van der Waals surface area (Å²) in [7, 11) is -3.97. The minimum absolute atomic E-state index is 0.00273. The summed E-state index contributed by atoms with van der Waals surface area (Å²) in [6.45, 7) is 3.45. The third-order valence-electron chi connectivity index (χ3n) is 4.72. The molecule has 30 heavy (non-hydrogen) atoms. The summed E-state index contributed by atoms with van der Waals surface area (Å²) in [5.41, 5.74) is 2.29. The highest BCUT2D eigenvalue weighted by Gasteiger charge is 2.25. The summed E-state index contributed by atoms with van der Waals surface area (Å²) in [6, 6.07) is 15.1. The predicted molar refractivity (Wildman–Crippen MR) is 115 cm³/mol. The zero-order valence-corrected chi connectivity index (χ0v) is 17.8. The zero-order chi connectivity index (χ0) is 22.1. The fourth-order valence-electron chi connectivity index (χ4n) is 3.11. The lowest BCUT2D eigenvalue weighted by Gasteiger charge is -2.23. The van der Waals surface area contributed by atoms with Crippen molar-refractivity contribution in [2.45, 2.75) is 18.7 Å². The van der Waals surface area contributed by atoms with Crippen LogP contribution < -0.4 is 4.31 Å². The molecule has 3 rings (SSSR count). The van der Waals surface area contributed by atoms with Crippen LogP contribution in [0, 0.1) is 12.7 Å². The van der Waals surface area contributed by atoms with Gasteiger partial charge >= 0.3 is 5.97 Å². The van der Waals surface area contributed by atoms with E-state index >= 15 is 0 Å². The lowest BCUT2D eigenvalue weighted by molar-refractivity contribution is 0.0696. The third-order valence-corrected chi connectivity index (χ3v) is 6.91. The van der Waals surface area contributed by atoms with E-state index < -0.39 is 21.8 Å². The monoisotopic (exact) mass is 447 g/mol. The predicted octanol–water partition coefficient (Wildman–Crippen LogP) is 5.37. The lowest BCUT2D eigenvalue weighted by Crippen LogP contribution is -2.31. The molecule has 0 aliphatic heterocycles. The van der Waals surface area contributed by atoms with Crippen molar-refractivity contribution in [2.75, 3.05) is 10.8 Å². The molecule has 0 fully saturated rings. The summed E-state index contributed by atoms with van der Waals surface area (Å²) < 4.78 is 40.9. The van der Waals surface area contributed by atoms with Gasteiger partial charge in [-0.3, -0.25) is 4.31 Å². The van der Waals surface area contributed by atoms with Gasteiger partial charge in [0.15, 0.2) is 0 Å². The molecule has 0 amide bonds. The van der Waals surface area contributed by atoms with E-state index in [4.69, 9.17) is 11.6 Å². The molecule has 0 radical (unpaired) electrons. The second-order valence-electron chi connectivity index (χ2n) is 6.63. The van der Waals surface area contributed by atoms with Gasteiger partial charge < -0.3 is 5.11 Å². The summed E-state index contributed by atoms with van der Waals surface area (Å²) in [4.78, 5) is 11.3.